The fourth-order valence-corrected chi connectivity index (χ4v) is 6.15. The number of likely N-dealkylation sites (tertiary alicyclic amines) is 1. The molecule has 0 unspecified atom stereocenters. The van der Waals surface area contributed by atoms with Crippen LogP contribution < -0.4 is 10.2 Å². The second-order valence-corrected chi connectivity index (χ2v) is 13.1. The summed E-state index contributed by atoms with van der Waals surface area (Å²) >= 11 is -0.0997. The van der Waals surface area contributed by atoms with Gasteiger partial charge in [0, 0.05) is 54.9 Å². The van der Waals surface area contributed by atoms with Crippen LogP contribution in [0.5, 0.6) is 0 Å². The normalized spacial score (nSPS) is 17.4. The summed E-state index contributed by atoms with van der Waals surface area (Å²) in [5.74, 6) is 0.942. The van der Waals surface area contributed by atoms with Crippen LogP contribution in [-0.4, -0.2) is 48.5 Å². The van der Waals surface area contributed by atoms with Crippen LogP contribution in [0.25, 0.3) is 0 Å². The molecule has 4 nitrogen and oxygen atoms in total. The molecule has 2 aliphatic heterocycles. The van der Waals surface area contributed by atoms with E-state index in [1.54, 1.807) is 12.1 Å². The Morgan fingerprint density at radius 1 is 0.900 bits per heavy atom. The van der Waals surface area contributed by atoms with Crippen LogP contribution in [0.3, 0.4) is 0 Å². The number of amides is 1. The van der Waals surface area contributed by atoms with Gasteiger partial charge in [-0.25, -0.2) is 0 Å². The van der Waals surface area contributed by atoms with Gasteiger partial charge in [0.05, 0.1) is 0 Å². The summed E-state index contributed by atoms with van der Waals surface area (Å²) in [7, 11) is 0. The largest absolute Gasteiger partial charge is 0.446 e. The topological polar surface area (TPSA) is 35.6 Å². The van der Waals surface area contributed by atoms with Crippen molar-refractivity contribution in [3.05, 3.63) is 54.1 Å². The van der Waals surface area contributed by atoms with Crippen molar-refractivity contribution in [2.24, 2.45) is 5.92 Å². The quantitative estimate of drug-likeness (QED) is 0.318. The Balaban J connectivity index is 0.00000441. The minimum Gasteiger partial charge on any atom is -0.382 e. The molecule has 0 saturated carbocycles. The van der Waals surface area contributed by atoms with Gasteiger partial charge in [-0.3, -0.25) is 4.79 Å². The molecule has 2 fully saturated rings. The maximum absolute atomic E-state index is 12.8. The third-order valence-electron chi connectivity index (χ3n) is 8.02. The van der Waals surface area contributed by atoms with Gasteiger partial charge in [-0.15, -0.1) is 0 Å². The Bertz CT molecular complexity index is 1050. The molecule has 0 aromatic heterocycles. The first-order valence-corrected chi connectivity index (χ1v) is 15.0. The summed E-state index contributed by atoms with van der Waals surface area (Å²) in [4.78, 5) is 17.4. The van der Waals surface area contributed by atoms with Crippen molar-refractivity contribution in [1.29, 1.82) is 0 Å². The first kappa shape index (κ1) is 32.2. The van der Waals surface area contributed by atoms with E-state index in [0.717, 1.165) is 57.5 Å². The monoisotopic (exact) mass is 577 g/mol. The molecule has 2 aromatic rings. The molecule has 4 rings (SSSR count). The average Bonchev–Trinajstić information content (AvgIpc) is 2.89. The van der Waals surface area contributed by atoms with Crippen molar-refractivity contribution in [3.8, 4) is 0 Å². The molecule has 8 heteroatoms. The molecule has 1 amide bonds. The molecule has 2 aliphatic rings. The molecule has 2 saturated heterocycles. The summed E-state index contributed by atoms with van der Waals surface area (Å²) in [5, 5.41) is 3.41. The predicted molar refractivity (Wildman–Crippen MR) is 162 cm³/mol. The first-order chi connectivity index (χ1) is 18.5. The number of thioether (sulfide) groups is 1. The number of piperidine rings is 2. The number of halogens is 3. The second-order valence-electron chi connectivity index (χ2n) is 12.0. The van der Waals surface area contributed by atoms with E-state index >= 15 is 0 Å². The van der Waals surface area contributed by atoms with E-state index in [-0.39, 0.29) is 41.4 Å². The average molecular weight is 578 g/mol. The summed E-state index contributed by atoms with van der Waals surface area (Å²) in [6.45, 7) is 10.3. The maximum Gasteiger partial charge on any atom is 0.446 e. The van der Waals surface area contributed by atoms with Gasteiger partial charge in [-0.05, 0) is 104 Å². The van der Waals surface area contributed by atoms with Gasteiger partial charge in [0.1, 0.15) is 0 Å². The maximum atomic E-state index is 12.8. The number of anilines is 2. The van der Waals surface area contributed by atoms with Crippen LogP contribution in [0.15, 0.2) is 53.4 Å². The van der Waals surface area contributed by atoms with Gasteiger partial charge >= 0.3 is 5.51 Å². The molecule has 0 radical (unpaired) electrons. The fraction of sp³-hybridized carbons (Fsp3) is 0.594. The van der Waals surface area contributed by atoms with Crippen molar-refractivity contribution < 1.29 is 18.0 Å². The number of benzene rings is 2. The lowest BCUT2D eigenvalue weighted by Crippen LogP contribution is -2.42. The van der Waals surface area contributed by atoms with Gasteiger partial charge in [0.2, 0.25) is 5.91 Å². The van der Waals surface area contributed by atoms with E-state index in [9.17, 15) is 18.0 Å². The predicted octanol–water partition coefficient (Wildman–Crippen LogP) is 8.72. The summed E-state index contributed by atoms with van der Waals surface area (Å²) in [5.41, 5.74) is -0.604. The van der Waals surface area contributed by atoms with Crippen molar-refractivity contribution in [2.75, 3.05) is 36.4 Å². The summed E-state index contributed by atoms with van der Waals surface area (Å²) in [6.07, 6.45) is 6.74. The lowest BCUT2D eigenvalue weighted by atomic mass is 9.87. The zero-order chi connectivity index (χ0) is 28.0. The highest BCUT2D eigenvalue weighted by Crippen LogP contribution is 2.37. The lowest BCUT2D eigenvalue weighted by molar-refractivity contribution is -0.132. The SMILES string of the molecule is C.CC(C)(C)c1ccc(N2CCC(CCCC(=O)N3CCC(Nc4ccc(SC(F)(F)F)cc4)CC3)CC2)cc1. The highest BCUT2D eigenvalue weighted by atomic mass is 32.2. The van der Waals surface area contributed by atoms with Crippen LogP contribution in [0.2, 0.25) is 0 Å². The van der Waals surface area contributed by atoms with E-state index in [2.05, 4.69) is 55.3 Å². The van der Waals surface area contributed by atoms with E-state index in [0.29, 0.717) is 12.3 Å². The van der Waals surface area contributed by atoms with Gasteiger partial charge in [0.25, 0.3) is 0 Å². The van der Waals surface area contributed by atoms with Crippen molar-refractivity contribution in [1.82, 2.24) is 4.90 Å². The lowest BCUT2D eigenvalue weighted by Gasteiger charge is -2.34. The zero-order valence-electron chi connectivity index (χ0n) is 23.4. The minimum absolute atomic E-state index is 0. The Morgan fingerprint density at radius 2 is 1.50 bits per heavy atom. The Labute approximate surface area is 243 Å². The first-order valence-electron chi connectivity index (χ1n) is 14.2. The van der Waals surface area contributed by atoms with Crippen molar-refractivity contribution in [3.63, 3.8) is 0 Å². The number of hydrogen-bond donors (Lipinski definition) is 1. The van der Waals surface area contributed by atoms with Gasteiger partial charge < -0.3 is 15.1 Å². The molecular weight excluding hydrogens is 531 g/mol. The number of carbonyl (C=O) groups is 1. The Hall–Kier alpha value is -2.35. The number of nitrogens with one attached hydrogen (secondary N) is 1. The third-order valence-corrected chi connectivity index (χ3v) is 8.76. The smallest absolute Gasteiger partial charge is 0.382 e. The zero-order valence-corrected chi connectivity index (χ0v) is 24.2. The van der Waals surface area contributed by atoms with Crippen LogP contribution in [0, 0.1) is 5.92 Å². The Kier molecular flexibility index (Phi) is 11.3. The highest BCUT2D eigenvalue weighted by molar-refractivity contribution is 8.00. The van der Waals surface area contributed by atoms with Crippen molar-refractivity contribution in [2.45, 2.75) is 95.0 Å². The number of hydrogen-bond acceptors (Lipinski definition) is 4. The molecule has 0 atom stereocenters. The fourth-order valence-electron chi connectivity index (χ4n) is 5.61. The van der Waals surface area contributed by atoms with E-state index < -0.39 is 5.51 Å². The summed E-state index contributed by atoms with van der Waals surface area (Å²) in [6, 6.07) is 15.6. The minimum atomic E-state index is -4.27. The Morgan fingerprint density at radius 3 is 2.05 bits per heavy atom. The number of rotatable bonds is 8. The molecule has 1 N–H and O–H groups in total. The van der Waals surface area contributed by atoms with Crippen molar-refractivity contribution >= 4 is 29.0 Å². The van der Waals surface area contributed by atoms with E-state index in [4.69, 9.17) is 0 Å². The molecule has 2 heterocycles. The molecular formula is C32H46F3N3OS. The van der Waals surface area contributed by atoms with Crippen LogP contribution in [0.1, 0.15) is 78.7 Å². The molecule has 0 bridgehead atoms. The van der Waals surface area contributed by atoms with Gasteiger partial charge in [-0.2, -0.15) is 13.2 Å². The number of alkyl halides is 3. The van der Waals surface area contributed by atoms with Crippen LogP contribution in [0.4, 0.5) is 24.5 Å². The standard InChI is InChI=1S/C31H42F3N3OS.CH4/c1-30(2,3)24-7-11-27(12-8-24)36-19-15-23(16-20-36)5-4-6-29(38)37-21-17-26(18-22-37)35-25-9-13-28(14-10-25)39-31(32,33)34;/h7-14,23,26,35H,4-6,15-22H2,1-3H3;1H4. The van der Waals surface area contributed by atoms with Crippen LogP contribution >= 0.6 is 11.8 Å². The summed E-state index contributed by atoms with van der Waals surface area (Å²) < 4.78 is 37.5. The second kappa shape index (κ2) is 14.0. The van der Waals surface area contributed by atoms with E-state index in [1.807, 2.05) is 4.90 Å². The van der Waals surface area contributed by atoms with Crippen LogP contribution in [-0.2, 0) is 10.2 Å². The molecule has 2 aromatic carbocycles. The third kappa shape index (κ3) is 9.64. The molecule has 0 aliphatic carbocycles. The van der Waals surface area contributed by atoms with Gasteiger partial charge in [-0.1, -0.05) is 40.3 Å². The number of nitrogens with zero attached hydrogens (tertiary/aromatic N) is 2. The highest BCUT2D eigenvalue weighted by Gasteiger charge is 2.29. The molecule has 0 spiro atoms. The molecule has 40 heavy (non-hydrogen) atoms. The molecule has 222 valence electrons. The van der Waals surface area contributed by atoms with Gasteiger partial charge in [0.15, 0.2) is 0 Å². The number of carbonyl (C=O) groups excluding carboxylic acids is 1. The van der Waals surface area contributed by atoms with E-state index in [1.165, 1.54) is 36.2 Å².